The highest BCUT2D eigenvalue weighted by atomic mass is 32.1. The van der Waals surface area contributed by atoms with Gasteiger partial charge >= 0.3 is 12.0 Å². The van der Waals surface area contributed by atoms with E-state index in [0.29, 0.717) is 12.2 Å². The molecule has 3 N–H and O–H groups in total. The number of carboxylic acid groups (broad SMARTS) is 1. The van der Waals surface area contributed by atoms with Gasteiger partial charge in [-0.25, -0.2) is 14.6 Å². The number of benzene rings is 3. The molecule has 1 aliphatic rings. The first-order valence-corrected chi connectivity index (χ1v) is 14.0. The predicted octanol–water partition coefficient (Wildman–Crippen LogP) is 5.54. The fourth-order valence-electron chi connectivity index (χ4n) is 5.34. The molecule has 0 bridgehead atoms. The van der Waals surface area contributed by atoms with Crippen LogP contribution in [0.5, 0.6) is 0 Å². The van der Waals surface area contributed by atoms with Gasteiger partial charge in [-0.2, -0.15) is 0 Å². The topological polar surface area (TPSA) is 112 Å². The molecular weight excluding hydrogens is 524 g/mol. The Labute approximate surface area is 236 Å². The van der Waals surface area contributed by atoms with E-state index in [1.165, 1.54) is 34.6 Å². The third-order valence-electron chi connectivity index (χ3n) is 7.16. The number of amides is 3. The molecule has 1 heterocycles. The number of carbonyl (C=O) groups excluding carboxylic acids is 2. The van der Waals surface area contributed by atoms with E-state index in [-0.39, 0.29) is 30.0 Å². The van der Waals surface area contributed by atoms with E-state index in [1.54, 1.807) is 18.3 Å². The Balaban J connectivity index is 1.38. The van der Waals surface area contributed by atoms with Crippen molar-refractivity contribution in [2.75, 3.05) is 11.9 Å². The Bertz CT molecular complexity index is 1480. The minimum Gasteiger partial charge on any atom is -0.478 e. The minimum absolute atomic E-state index is 0.0592. The average Bonchev–Trinajstić information content (AvgIpc) is 3.49. The summed E-state index contributed by atoms with van der Waals surface area (Å²) in [5.41, 5.74) is 3.98. The number of carboxylic acids is 1. The highest BCUT2D eigenvalue weighted by Gasteiger charge is 2.36. The van der Waals surface area contributed by atoms with Gasteiger partial charge in [-0.15, -0.1) is 11.3 Å². The van der Waals surface area contributed by atoms with Crippen LogP contribution in [0.2, 0.25) is 0 Å². The maximum absolute atomic E-state index is 13.9. The molecule has 0 fully saturated rings. The highest BCUT2D eigenvalue weighted by Crippen LogP contribution is 2.41. The van der Waals surface area contributed by atoms with Gasteiger partial charge in [0.1, 0.15) is 5.01 Å². The lowest BCUT2D eigenvalue weighted by molar-refractivity contribution is -0.135. The number of urea groups is 1. The number of thiazole rings is 1. The van der Waals surface area contributed by atoms with Crippen LogP contribution < -0.4 is 10.6 Å². The number of hydrogen-bond acceptors (Lipinski definition) is 5. The molecule has 0 spiro atoms. The van der Waals surface area contributed by atoms with Crippen molar-refractivity contribution in [2.45, 2.75) is 31.8 Å². The number of nitrogens with zero attached hydrogens (tertiary/aromatic N) is 2. The zero-order valence-electron chi connectivity index (χ0n) is 21.8. The molecule has 9 heteroatoms. The molecule has 0 aliphatic heterocycles. The average molecular weight is 555 g/mol. The van der Waals surface area contributed by atoms with Crippen LogP contribution in [-0.4, -0.2) is 39.4 Å². The third-order valence-corrected chi connectivity index (χ3v) is 7.92. The van der Waals surface area contributed by atoms with Crippen LogP contribution >= 0.6 is 11.3 Å². The van der Waals surface area contributed by atoms with Crippen LogP contribution in [-0.2, 0) is 24.2 Å². The molecule has 0 saturated carbocycles. The second-order valence-corrected chi connectivity index (χ2v) is 10.8. The first-order valence-electron chi connectivity index (χ1n) is 13.2. The molecule has 2 atom stereocenters. The fraction of sp³-hybridized carbons (Fsp3) is 0.226. The molecule has 3 amide bonds. The van der Waals surface area contributed by atoms with Crippen molar-refractivity contribution in [3.63, 3.8) is 0 Å². The van der Waals surface area contributed by atoms with Crippen LogP contribution in [0.3, 0.4) is 0 Å². The predicted molar refractivity (Wildman–Crippen MR) is 154 cm³/mol. The summed E-state index contributed by atoms with van der Waals surface area (Å²) in [6.45, 7) is 0.122. The Morgan fingerprint density at radius 2 is 1.80 bits per heavy atom. The van der Waals surface area contributed by atoms with Gasteiger partial charge in [0.15, 0.2) is 0 Å². The van der Waals surface area contributed by atoms with Gasteiger partial charge in [0.25, 0.3) is 0 Å². The monoisotopic (exact) mass is 554 g/mol. The summed E-state index contributed by atoms with van der Waals surface area (Å²) in [4.78, 5) is 44.1. The molecule has 40 heavy (non-hydrogen) atoms. The Hall–Kier alpha value is -4.50. The SMILES string of the molecule is O=C(NCC(=O)N(Cc1nccs1)[C@@H]1c2ccccc2CC[C@H]1Cc1ccccc1)Nc1cccc(C(=O)O)c1. The van der Waals surface area contributed by atoms with Crippen molar-refractivity contribution in [3.05, 3.63) is 118 Å². The van der Waals surface area contributed by atoms with Crippen molar-refractivity contribution in [2.24, 2.45) is 5.92 Å². The summed E-state index contributed by atoms with van der Waals surface area (Å²) < 4.78 is 0. The van der Waals surface area contributed by atoms with Crippen molar-refractivity contribution in [3.8, 4) is 0 Å². The van der Waals surface area contributed by atoms with Crippen LogP contribution in [0, 0.1) is 5.92 Å². The summed E-state index contributed by atoms with van der Waals surface area (Å²) in [5, 5.41) is 17.2. The second kappa shape index (κ2) is 12.6. The van der Waals surface area contributed by atoms with Crippen LogP contribution in [0.4, 0.5) is 10.5 Å². The smallest absolute Gasteiger partial charge is 0.335 e. The fourth-order valence-corrected chi connectivity index (χ4v) is 5.95. The van der Waals surface area contributed by atoms with Crippen molar-refractivity contribution >= 4 is 34.9 Å². The Morgan fingerprint density at radius 1 is 1.00 bits per heavy atom. The molecule has 204 valence electrons. The minimum atomic E-state index is -1.09. The third kappa shape index (κ3) is 6.55. The van der Waals surface area contributed by atoms with Gasteiger partial charge in [-0.05, 0) is 60.1 Å². The molecule has 8 nitrogen and oxygen atoms in total. The number of hydrogen-bond donors (Lipinski definition) is 3. The highest BCUT2D eigenvalue weighted by molar-refractivity contribution is 7.09. The van der Waals surface area contributed by atoms with Crippen molar-refractivity contribution in [1.29, 1.82) is 0 Å². The molecule has 0 unspecified atom stereocenters. The summed E-state index contributed by atoms with van der Waals surface area (Å²) in [5.74, 6) is -1.12. The number of aryl methyl sites for hydroxylation is 1. The number of anilines is 1. The van der Waals surface area contributed by atoms with Gasteiger partial charge in [0.2, 0.25) is 5.91 Å². The van der Waals surface area contributed by atoms with E-state index in [9.17, 15) is 19.5 Å². The molecule has 4 aromatic rings. The zero-order chi connectivity index (χ0) is 27.9. The van der Waals surface area contributed by atoms with Crippen molar-refractivity contribution < 1.29 is 19.5 Å². The van der Waals surface area contributed by atoms with Crippen molar-refractivity contribution in [1.82, 2.24) is 15.2 Å². The number of fused-ring (bicyclic) bond motifs is 1. The number of nitrogens with one attached hydrogen (secondary N) is 2. The number of rotatable bonds is 9. The van der Waals surface area contributed by atoms with E-state index < -0.39 is 12.0 Å². The molecule has 1 aromatic heterocycles. The summed E-state index contributed by atoms with van der Waals surface area (Å²) in [6.07, 6.45) is 4.44. The summed E-state index contributed by atoms with van der Waals surface area (Å²) in [7, 11) is 0. The number of aromatic nitrogens is 1. The van der Waals surface area contributed by atoms with E-state index in [1.807, 2.05) is 40.6 Å². The lowest BCUT2D eigenvalue weighted by atomic mass is 9.76. The molecule has 3 aromatic carbocycles. The molecule has 0 radical (unpaired) electrons. The Morgan fingerprint density at radius 3 is 2.58 bits per heavy atom. The first-order chi connectivity index (χ1) is 19.5. The normalized spacial score (nSPS) is 16.0. The zero-order valence-corrected chi connectivity index (χ0v) is 22.6. The van der Waals surface area contributed by atoms with E-state index in [0.717, 1.165) is 29.8 Å². The summed E-state index contributed by atoms with van der Waals surface area (Å²) >= 11 is 1.50. The lowest BCUT2D eigenvalue weighted by Gasteiger charge is -2.41. The van der Waals surface area contributed by atoms with Gasteiger partial charge in [-0.1, -0.05) is 60.7 Å². The molecule has 1 aliphatic carbocycles. The standard InChI is InChI=1S/C31H30N4O4S/c36-28(19-33-31(39)34-25-11-6-10-24(18-25)30(37)38)35(20-27-32-15-16-40-27)29-23(17-21-7-2-1-3-8-21)14-13-22-9-4-5-12-26(22)29/h1-12,15-16,18,23,29H,13-14,17,19-20H2,(H,37,38)(H2,33,34,39)/t23-,29-/m0/s1. The first kappa shape index (κ1) is 27.1. The van der Waals surface area contributed by atoms with Gasteiger partial charge in [0, 0.05) is 17.3 Å². The van der Waals surface area contributed by atoms with E-state index in [4.69, 9.17) is 0 Å². The quantitative estimate of drug-likeness (QED) is 0.252. The number of carbonyl (C=O) groups is 3. The van der Waals surface area contributed by atoms with E-state index in [2.05, 4.69) is 39.9 Å². The van der Waals surface area contributed by atoms with Crippen LogP contribution in [0.1, 0.15) is 44.5 Å². The largest absolute Gasteiger partial charge is 0.478 e. The summed E-state index contributed by atoms with van der Waals surface area (Å²) in [6, 6.07) is 23.8. The van der Waals surface area contributed by atoms with Crippen LogP contribution in [0.25, 0.3) is 0 Å². The Kier molecular flexibility index (Phi) is 8.51. The molecule has 5 rings (SSSR count). The maximum Gasteiger partial charge on any atom is 0.335 e. The van der Waals surface area contributed by atoms with Gasteiger partial charge in [0.05, 0.1) is 24.7 Å². The van der Waals surface area contributed by atoms with Crippen LogP contribution in [0.15, 0.2) is 90.4 Å². The lowest BCUT2D eigenvalue weighted by Crippen LogP contribution is -2.46. The second-order valence-electron chi connectivity index (χ2n) is 9.77. The molecule has 0 saturated heterocycles. The number of aromatic carboxylic acids is 1. The maximum atomic E-state index is 13.9. The van der Waals surface area contributed by atoms with Gasteiger partial charge in [-0.3, -0.25) is 4.79 Å². The molecular formula is C31H30N4O4S. The van der Waals surface area contributed by atoms with Gasteiger partial charge < -0.3 is 20.6 Å². The van der Waals surface area contributed by atoms with E-state index >= 15 is 0 Å².